The van der Waals surface area contributed by atoms with Crippen LogP contribution in [0.25, 0.3) is 0 Å². The Kier molecular flexibility index (Phi) is 6.79. The Labute approximate surface area is 68.2 Å². The molecule has 2 nitrogen and oxygen atoms in total. The molecule has 2 heteroatoms. The second-order valence-corrected chi connectivity index (χ2v) is 2.36. The van der Waals surface area contributed by atoms with Crippen molar-refractivity contribution in [3.63, 3.8) is 0 Å². The van der Waals surface area contributed by atoms with Crippen LogP contribution in [-0.4, -0.2) is 12.6 Å². The lowest BCUT2D eigenvalue weighted by Crippen LogP contribution is -1.99. The Morgan fingerprint density at radius 3 is 2.73 bits per heavy atom. The minimum atomic E-state index is -0.190. The van der Waals surface area contributed by atoms with Gasteiger partial charge in [0.2, 0.25) is 0 Å². The zero-order chi connectivity index (χ0) is 8.53. The first kappa shape index (κ1) is 10.2. The summed E-state index contributed by atoms with van der Waals surface area (Å²) in [6.07, 6.45) is 7.24. The minimum Gasteiger partial charge on any atom is -0.466 e. The van der Waals surface area contributed by atoms with Crippen molar-refractivity contribution in [3.8, 4) is 0 Å². The van der Waals surface area contributed by atoms with Crippen LogP contribution in [0.2, 0.25) is 0 Å². The molecule has 0 bridgehead atoms. The fourth-order valence-electron chi connectivity index (χ4n) is 0.702. The summed E-state index contributed by atoms with van der Waals surface area (Å²) >= 11 is 0. The number of carbonyl (C=O) groups excluding carboxylic acids is 1. The van der Waals surface area contributed by atoms with Gasteiger partial charge in [-0.2, -0.15) is 0 Å². The lowest BCUT2D eigenvalue weighted by molar-refractivity contribution is -0.141. The molecular weight excluding hydrogens is 140 g/mol. The van der Waals surface area contributed by atoms with Crippen LogP contribution in [0.3, 0.4) is 0 Å². The molecule has 0 aliphatic rings. The highest BCUT2D eigenvalue weighted by Crippen LogP contribution is 1.93. The molecule has 0 radical (unpaired) electrons. The van der Waals surface area contributed by atoms with Gasteiger partial charge in [0.1, 0.15) is 0 Å². The van der Waals surface area contributed by atoms with Gasteiger partial charge in [-0.1, -0.05) is 19.1 Å². The third kappa shape index (κ3) is 9.21. The van der Waals surface area contributed by atoms with Crippen molar-refractivity contribution in [1.82, 2.24) is 0 Å². The first-order valence-electron chi connectivity index (χ1n) is 4.05. The van der Waals surface area contributed by atoms with Gasteiger partial charge in [0.15, 0.2) is 0 Å². The number of hydrogen-bond acceptors (Lipinski definition) is 2. The molecule has 0 atom stereocenters. The molecule has 0 saturated heterocycles. The Hall–Kier alpha value is -0.790. The summed E-state index contributed by atoms with van der Waals surface area (Å²) in [7, 11) is 0. The molecule has 0 fully saturated rings. The number of unbranched alkanes of at least 4 members (excludes halogenated alkanes) is 1. The number of esters is 1. The van der Waals surface area contributed by atoms with Crippen molar-refractivity contribution in [2.75, 3.05) is 6.61 Å². The van der Waals surface area contributed by atoms with E-state index in [0.29, 0.717) is 6.61 Å². The molecule has 0 aliphatic carbocycles. The van der Waals surface area contributed by atoms with Crippen molar-refractivity contribution in [1.29, 1.82) is 0 Å². The van der Waals surface area contributed by atoms with Gasteiger partial charge in [-0.25, -0.2) is 0 Å². The van der Waals surface area contributed by atoms with E-state index in [0.717, 1.165) is 19.3 Å². The van der Waals surface area contributed by atoms with Crippen molar-refractivity contribution in [2.45, 2.75) is 33.1 Å². The smallest absolute Gasteiger partial charge is 0.302 e. The van der Waals surface area contributed by atoms with Gasteiger partial charge in [0.25, 0.3) is 0 Å². The number of carbonyl (C=O) groups is 1. The second-order valence-electron chi connectivity index (χ2n) is 2.36. The Bertz CT molecular complexity index is 128. The van der Waals surface area contributed by atoms with Gasteiger partial charge in [0.05, 0.1) is 6.61 Å². The lowest BCUT2D eigenvalue weighted by atomic mass is 10.3. The molecule has 0 spiro atoms. The monoisotopic (exact) mass is 156 g/mol. The van der Waals surface area contributed by atoms with E-state index < -0.39 is 0 Å². The summed E-state index contributed by atoms with van der Waals surface area (Å²) < 4.78 is 4.75. The quantitative estimate of drug-likeness (QED) is 0.347. The summed E-state index contributed by atoms with van der Waals surface area (Å²) in [5.74, 6) is -0.190. The zero-order valence-electron chi connectivity index (χ0n) is 7.30. The fourth-order valence-corrected chi connectivity index (χ4v) is 0.702. The largest absolute Gasteiger partial charge is 0.466 e. The van der Waals surface area contributed by atoms with Gasteiger partial charge < -0.3 is 4.74 Å². The van der Waals surface area contributed by atoms with E-state index in [4.69, 9.17) is 4.74 Å². The normalized spacial score (nSPS) is 10.4. The molecule has 11 heavy (non-hydrogen) atoms. The molecule has 0 aromatic heterocycles. The van der Waals surface area contributed by atoms with Crippen molar-refractivity contribution >= 4 is 5.97 Å². The highest BCUT2D eigenvalue weighted by atomic mass is 16.5. The maximum Gasteiger partial charge on any atom is 0.302 e. The predicted molar refractivity (Wildman–Crippen MR) is 45.3 cm³/mol. The molecule has 0 saturated carbocycles. The Morgan fingerprint density at radius 2 is 2.18 bits per heavy atom. The summed E-state index contributed by atoms with van der Waals surface area (Å²) in [6, 6.07) is 0. The average Bonchev–Trinajstić information content (AvgIpc) is 1.96. The van der Waals surface area contributed by atoms with E-state index in [1.165, 1.54) is 6.92 Å². The molecule has 0 aliphatic heterocycles. The molecule has 0 aromatic rings. The summed E-state index contributed by atoms with van der Waals surface area (Å²) in [4.78, 5) is 10.3. The van der Waals surface area contributed by atoms with E-state index in [9.17, 15) is 4.79 Å². The molecule has 0 N–H and O–H groups in total. The van der Waals surface area contributed by atoms with Gasteiger partial charge >= 0.3 is 5.97 Å². The molecular formula is C9H16O2. The van der Waals surface area contributed by atoms with Crippen LogP contribution < -0.4 is 0 Å². The average molecular weight is 156 g/mol. The molecule has 0 aromatic carbocycles. The van der Waals surface area contributed by atoms with Gasteiger partial charge in [-0.3, -0.25) is 4.79 Å². The summed E-state index contributed by atoms with van der Waals surface area (Å²) in [6.45, 7) is 4.08. The number of hydrogen-bond donors (Lipinski definition) is 0. The first-order valence-corrected chi connectivity index (χ1v) is 4.05. The van der Waals surface area contributed by atoms with Crippen LogP contribution in [0.1, 0.15) is 33.1 Å². The highest BCUT2D eigenvalue weighted by molar-refractivity contribution is 5.65. The topological polar surface area (TPSA) is 26.3 Å². The maximum absolute atomic E-state index is 10.3. The molecule has 0 rings (SSSR count). The maximum atomic E-state index is 10.3. The number of allylic oxidation sites excluding steroid dienone is 2. The minimum absolute atomic E-state index is 0.190. The van der Waals surface area contributed by atoms with Crippen LogP contribution in [0.5, 0.6) is 0 Å². The van der Waals surface area contributed by atoms with E-state index >= 15 is 0 Å². The van der Waals surface area contributed by atoms with Crippen molar-refractivity contribution < 1.29 is 9.53 Å². The van der Waals surface area contributed by atoms with E-state index in [2.05, 4.69) is 19.1 Å². The molecule has 0 heterocycles. The van der Waals surface area contributed by atoms with Crippen LogP contribution in [0.15, 0.2) is 12.2 Å². The van der Waals surface area contributed by atoms with Crippen LogP contribution in [0.4, 0.5) is 0 Å². The SMILES string of the molecule is CC/C=C/CCCOC(C)=O. The Balaban J connectivity index is 3.02. The third-order valence-electron chi connectivity index (χ3n) is 1.22. The van der Waals surface area contributed by atoms with Crippen LogP contribution in [-0.2, 0) is 9.53 Å². The summed E-state index contributed by atoms with van der Waals surface area (Å²) in [5, 5.41) is 0. The second kappa shape index (κ2) is 7.32. The van der Waals surface area contributed by atoms with Crippen LogP contribution in [0, 0.1) is 0 Å². The van der Waals surface area contributed by atoms with Crippen LogP contribution >= 0.6 is 0 Å². The fraction of sp³-hybridized carbons (Fsp3) is 0.667. The summed E-state index contributed by atoms with van der Waals surface area (Å²) in [5.41, 5.74) is 0. The first-order chi connectivity index (χ1) is 5.27. The standard InChI is InChI=1S/C9H16O2/c1-3-4-5-6-7-8-11-9(2)10/h4-5H,3,6-8H2,1-2H3/b5-4+. The lowest BCUT2D eigenvalue weighted by Gasteiger charge is -1.97. The highest BCUT2D eigenvalue weighted by Gasteiger charge is 1.89. The zero-order valence-corrected chi connectivity index (χ0v) is 7.30. The Morgan fingerprint density at radius 1 is 1.45 bits per heavy atom. The van der Waals surface area contributed by atoms with E-state index in [1.807, 2.05) is 0 Å². The molecule has 0 unspecified atom stereocenters. The van der Waals surface area contributed by atoms with Gasteiger partial charge in [-0.05, 0) is 19.3 Å². The predicted octanol–water partition coefficient (Wildman–Crippen LogP) is 2.30. The molecule has 64 valence electrons. The number of rotatable bonds is 5. The molecule has 0 amide bonds. The van der Waals surface area contributed by atoms with Crippen molar-refractivity contribution in [2.24, 2.45) is 0 Å². The van der Waals surface area contributed by atoms with E-state index in [-0.39, 0.29) is 5.97 Å². The van der Waals surface area contributed by atoms with E-state index in [1.54, 1.807) is 0 Å². The third-order valence-corrected chi connectivity index (χ3v) is 1.22. The van der Waals surface area contributed by atoms with Crippen molar-refractivity contribution in [3.05, 3.63) is 12.2 Å². The number of ether oxygens (including phenoxy) is 1. The van der Waals surface area contributed by atoms with Gasteiger partial charge in [0, 0.05) is 6.92 Å². The van der Waals surface area contributed by atoms with Gasteiger partial charge in [-0.15, -0.1) is 0 Å².